The van der Waals surface area contributed by atoms with E-state index >= 15 is 0 Å². The maximum absolute atomic E-state index is 6.11. The van der Waals surface area contributed by atoms with Crippen LogP contribution in [0.1, 0.15) is 38.6 Å². The van der Waals surface area contributed by atoms with E-state index in [0.29, 0.717) is 6.04 Å². The van der Waals surface area contributed by atoms with Gasteiger partial charge in [0.05, 0.1) is 18.2 Å². The SMILES string of the molecule is CC(C1CC2CCC1C2)n1cncc1-c1cnccc1N. The Morgan fingerprint density at radius 2 is 2.14 bits per heavy atom. The molecule has 2 heterocycles. The van der Waals surface area contributed by atoms with E-state index < -0.39 is 0 Å². The largest absolute Gasteiger partial charge is 0.398 e. The molecule has 21 heavy (non-hydrogen) atoms. The highest BCUT2D eigenvalue weighted by Gasteiger charge is 2.42. The second kappa shape index (κ2) is 4.86. The molecule has 2 fully saturated rings. The van der Waals surface area contributed by atoms with E-state index in [9.17, 15) is 0 Å². The maximum atomic E-state index is 6.11. The van der Waals surface area contributed by atoms with Gasteiger partial charge in [-0.3, -0.25) is 4.98 Å². The number of hydrogen-bond donors (Lipinski definition) is 1. The standard InChI is InChI=1S/C17H22N4/c1-11(14-7-12-2-3-13(14)6-12)21-10-20-9-17(21)15-8-19-5-4-16(15)18/h4-5,8-14H,2-3,6-7H2,1H3,(H2,18,19). The van der Waals surface area contributed by atoms with Crippen LogP contribution in [-0.2, 0) is 0 Å². The summed E-state index contributed by atoms with van der Waals surface area (Å²) < 4.78 is 2.30. The zero-order valence-electron chi connectivity index (χ0n) is 12.4. The average molecular weight is 282 g/mol. The molecular formula is C17H22N4. The Balaban J connectivity index is 1.68. The van der Waals surface area contributed by atoms with Gasteiger partial charge in [0.25, 0.3) is 0 Å². The van der Waals surface area contributed by atoms with Crippen molar-refractivity contribution in [1.29, 1.82) is 0 Å². The van der Waals surface area contributed by atoms with E-state index in [1.54, 1.807) is 6.20 Å². The predicted octanol–water partition coefficient (Wildman–Crippen LogP) is 3.52. The molecule has 2 N–H and O–H groups in total. The fraction of sp³-hybridized carbons (Fsp3) is 0.529. The first kappa shape index (κ1) is 12.9. The summed E-state index contributed by atoms with van der Waals surface area (Å²) in [7, 11) is 0. The average Bonchev–Trinajstić information content (AvgIpc) is 3.23. The Morgan fingerprint density at radius 1 is 1.24 bits per heavy atom. The summed E-state index contributed by atoms with van der Waals surface area (Å²) in [6, 6.07) is 2.34. The molecule has 4 atom stereocenters. The first-order valence-corrected chi connectivity index (χ1v) is 7.95. The van der Waals surface area contributed by atoms with Crippen molar-refractivity contribution in [1.82, 2.24) is 14.5 Å². The molecule has 4 rings (SSSR count). The Kier molecular flexibility index (Phi) is 2.98. The molecule has 2 saturated carbocycles. The summed E-state index contributed by atoms with van der Waals surface area (Å²) in [4.78, 5) is 8.59. The smallest absolute Gasteiger partial charge is 0.0953 e. The minimum atomic E-state index is 0.484. The number of fused-ring (bicyclic) bond motifs is 2. The van der Waals surface area contributed by atoms with Crippen LogP contribution in [0.25, 0.3) is 11.3 Å². The molecule has 2 bridgehead atoms. The van der Waals surface area contributed by atoms with Crippen molar-refractivity contribution in [2.45, 2.75) is 38.6 Å². The van der Waals surface area contributed by atoms with Crippen molar-refractivity contribution in [2.24, 2.45) is 17.8 Å². The Labute approximate surface area is 125 Å². The van der Waals surface area contributed by atoms with Crippen molar-refractivity contribution in [3.8, 4) is 11.3 Å². The van der Waals surface area contributed by atoms with Gasteiger partial charge in [-0.25, -0.2) is 4.98 Å². The number of rotatable bonds is 3. The zero-order valence-corrected chi connectivity index (χ0v) is 12.4. The lowest BCUT2D eigenvalue weighted by molar-refractivity contribution is 0.244. The van der Waals surface area contributed by atoms with Gasteiger partial charge in [-0.15, -0.1) is 0 Å². The number of anilines is 1. The van der Waals surface area contributed by atoms with Crippen molar-refractivity contribution in [3.63, 3.8) is 0 Å². The van der Waals surface area contributed by atoms with Gasteiger partial charge in [0.15, 0.2) is 0 Å². The van der Waals surface area contributed by atoms with Crippen LogP contribution >= 0.6 is 0 Å². The van der Waals surface area contributed by atoms with Gasteiger partial charge >= 0.3 is 0 Å². The lowest BCUT2D eigenvalue weighted by atomic mass is 9.83. The number of imidazole rings is 1. The molecule has 4 heteroatoms. The minimum Gasteiger partial charge on any atom is -0.398 e. The summed E-state index contributed by atoms with van der Waals surface area (Å²) in [5, 5.41) is 0. The van der Waals surface area contributed by atoms with Gasteiger partial charge in [-0.2, -0.15) is 0 Å². The van der Waals surface area contributed by atoms with Gasteiger partial charge in [0.2, 0.25) is 0 Å². The van der Waals surface area contributed by atoms with Crippen LogP contribution in [0.5, 0.6) is 0 Å². The second-order valence-corrected chi connectivity index (χ2v) is 6.73. The van der Waals surface area contributed by atoms with Gasteiger partial charge < -0.3 is 10.3 Å². The van der Waals surface area contributed by atoms with E-state index in [2.05, 4.69) is 21.5 Å². The molecule has 2 aromatic heterocycles. The molecule has 2 aromatic rings. The quantitative estimate of drug-likeness (QED) is 0.937. The molecule has 0 amide bonds. The van der Waals surface area contributed by atoms with E-state index in [1.807, 2.05) is 24.8 Å². The van der Waals surface area contributed by atoms with Crippen LogP contribution in [0.15, 0.2) is 31.0 Å². The first-order chi connectivity index (χ1) is 10.2. The fourth-order valence-electron chi connectivity index (χ4n) is 4.55. The van der Waals surface area contributed by atoms with E-state index in [-0.39, 0.29) is 0 Å². The summed E-state index contributed by atoms with van der Waals surface area (Å²) in [6.45, 7) is 2.34. The van der Waals surface area contributed by atoms with Gasteiger partial charge in [0.1, 0.15) is 0 Å². The molecule has 2 aliphatic rings. The molecular weight excluding hydrogens is 260 g/mol. The number of hydrogen-bond acceptors (Lipinski definition) is 3. The van der Waals surface area contributed by atoms with E-state index in [4.69, 9.17) is 5.73 Å². The summed E-state index contributed by atoms with van der Waals surface area (Å²) >= 11 is 0. The monoisotopic (exact) mass is 282 g/mol. The number of aromatic nitrogens is 3. The van der Waals surface area contributed by atoms with Crippen LogP contribution in [0, 0.1) is 17.8 Å². The van der Waals surface area contributed by atoms with Crippen LogP contribution in [0.2, 0.25) is 0 Å². The Bertz CT molecular complexity index is 648. The van der Waals surface area contributed by atoms with Crippen molar-refractivity contribution in [3.05, 3.63) is 31.0 Å². The van der Waals surface area contributed by atoms with E-state index in [0.717, 1.165) is 34.7 Å². The molecule has 2 aliphatic carbocycles. The third-order valence-corrected chi connectivity index (χ3v) is 5.65. The predicted molar refractivity (Wildman–Crippen MR) is 83.5 cm³/mol. The normalized spacial score (nSPS) is 28.9. The number of pyridine rings is 1. The molecule has 4 unspecified atom stereocenters. The molecule has 0 aliphatic heterocycles. The summed E-state index contributed by atoms with van der Waals surface area (Å²) in [5.74, 6) is 2.67. The maximum Gasteiger partial charge on any atom is 0.0953 e. The highest BCUT2D eigenvalue weighted by Crippen LogP contribution is 2.52. The van der Waals surface area contributed by atoms with Crippen LogP contribution in [0.3, 0.4) is 0 Å². The highest BCUT2D eigenvalue weighted by molar-refractivity contribution is 5.72. The van der Waals surface area contributed by atoms with Crippen LogP contribution < -0.4 is 5.73 Å². The van der Waals surface area contributed by atoms with Gasteiger partial charge in [-0.1, -0.05) is 6.42 Å². The third kappa shape index (κ3) is 2.04. The lowest BCUT2D eigenvalue weighted by Gasteiger charge is -2.30. The van der Waals surface area contributed by atoms with Crippen LogP contribution in [0.4, 0.5) is 5.69 Å². The lowest BCUT2D eigenvalue weighted by Crippen LogP contribution is -2.22. The van der Waals surface area contributed by atoms with Crippen molar-refractivity contribution < 1.29 is 0 Å². The third-order valence-electron chi connectivity index (χ3n) is 5.65. The van der Waals surface area contributed by atoms with Crippen LogP contribution in [-0.4, -0.2) is 14.5 Å². The summed E-state index contributed by atoms with van der Waals surface area (Å²) in [6.07, 6.45) is 13.1. The Hall–Kier alpha value is -1.84. The number of nitrogens with zero attached hydrogens (tertiary/aromatic N) is 3. The fourth-order valence-corrected chi connectivity index (χ4v) is 4.55. The number of nitrogens with two attached hydrogens (primary N) is 1. The number of nitrogen functional groups attached to an aromatic ring is 1. The van der Waals surface area contributed by atoms with Crippen molar-refractivity contribution >= 4 is 5.69 Å². The Morgan fingerprint density at radius 3 is 2.86 bits per heavy atom. The topological polar surface area (TPSA) is 56.7 Å². The van der Waals surface area contributed by atoms with Gasteiger partial charge in [0, 0.05) is 29.7 Å². The summed E-state index contributed by atoms with van der Waals surface area (Å²) in [5.41, 5.74) is 8.97. The highest BCUT2D eigenvalue weighted by atomic mass is 15.1. The molecule has 0 radical (unpaired) electrons. The van der Waals surface area contributed by atoms with Crippen molar-refractivity contribution in [2.75, 3.05) is 5.73 Å². The molecule has 0 saturated heterocycles. The first-order valence-electron chi connectivity index (χ1n) is 7.95. The molecule has 4 nitrogen and oxygen atoms in total. The van der Waals surface area contributed by atoms with E-state index in [1.165, 1.54) is 25.7 Å². The molecule has 0 aromatic carbocycles. The second-order valence-electron chi connectivity index (χ2n) is 6.73. The molecule has 110 valence electrons. The minimum absolute atomic E-state index is 0.484. The van der Waals surface area contributed by atoms with Gasteiger partial charge in [-0.05, 0) is 50.0 Å². The zero-order chi connectivity index (χ0) is 14.4. The molecule has 0 spiro atoms.